The number of halogens is 2. The minimum absolute atomic E-state index is 0.116. The van der Waals surface area contributed by atoms with Gasteiger partial charge in [-0.1, -0.05) is 19.9 Å². The number of hydrogen-bond acceptors (Lipinski definition) is 4. The van der Waals surface area contributed by atoms with Crippen LogP contribution < -0.4 is 10.1 Å². The lowest BCUT2D eigenvalue weighted by Crippen LogP contribution is -2.65. The molecule has 22 heavy (non-hydrogen) atoms. The van der Waals surface area contributed by atoms with Gasteiger partial charge in [-0.25, -0.2) is 13.8 Å². The quantitative estimate of drug-likeness (QED) is 0.877. The lowest BCUT2D eigenvalue weighted by Gasteiger charge is -2.54. The highest BCUT2D eigenvalue weighted by molar-refractivity contribution is 5.17. The Morgan fingerprint density at radius 3 is 3.05 bits per heavy atom. The van der Waals surface area contributed by atoms with Gasteiger partial charge in [-0.15, -0.1) is 0 Å². The smallest absolute Gasteiger partial charge is 0.272 e. The maximum Gasteiger partial charge on any atom is 0.272 e. The maximum atomic E-state index is 12.2. The third-order valence-corrected chi connectivity index (χ3v) is 4.74. The summed E-state index contributed by atoms with van der Waals surface area (Å²) in [5.41, 5.74) is 0.912. The molecule has 3 rings (SSSR count). The Morgan fingerprint density at radius 1 is 1.45 bits per heavy atom. The fraction of sp³-hybridized carbons (Fsp3) is 0.688. The molecule has 1 aliphatic carbocycles. The van der Waals surface area contributed by atoms with E-state index in [9.17, 15) is 8.78 Å². The zero-order valence-electron chi connectivity index (χ0n) is 12.9. The van der Waals surface area contributed by atoms with Crippen molar-refractivity contribution in [2.24, 2.45) is 11.3 Å². The second-order valence-electron chi connectivity index (χ2n) is 6.59. The second kappa shape index (κ2) is 6.08. The minimum atomic E-state index is -2.49. The molecule has 6 heteroatoms. The Hall–Kier alpha value is -1.27. The number of hydrogen-bond donors (Lipinski definition) is 1. The summed E-state index contributed by atoms with van der Waals surface area (Å²) in [6.07, 6.45) is -1.05. The molecule has 0 amide bonds. The molecule has 0 radical (unpaired) electrons. The van der Waals surface area contributed by atoms with Gasteiger partial charge in [0, 0.05) is 36.6 Å². The summed E-state index contributed by atoms with van der Waals surface area (Å²) in [6, 6.07) is 5.64. The van der Waals surface area contributed by atoms with Gasteiger partial charge in [0.15, 0.2) is 6.61 Å². The van der Waals surface area contributed by atoms with Crippen LogP contribution in [0.5, 0.6) is 5.88 Å². The van der Waals surface area contributed by atoms with Crippen molar-refractivity contribution in [3.8, 4) is 5.88 Å². The molecule has 1 aromatic heterocycles. The average molecular weight is 312 g/mol. The van der Waals surface area contributed by atoms with E-state index in [0.29, 0.717) is 24.6 Å². The minimum Gasteiger partial charge on any atom is -0.472 e. The SMILES string of the molecule is CC1(C)[C@H](NCc2cccc(OCC(F)F)n2)[C@H]2CCO[C@H]21. The number of nitrogens with zero attached hydrogens (tertiary/aromatic N) is 1. The van der Waals surface area contributed by atoms with Crippen LogP contribution in [-0.4, -0.2) is 36.8 Å². The molecule has 1 saturated heterocycles. The van der Waals surface area contributed by atoms with E-state index in [1.807, 2.05) is 6.07 Å². The van der Waals surface area contributed by atoms with Crippen LogP contribution in [0.3, 0.4) is 0 Å². The van der Waals surface area contributed by atoms with Crippen molar-refractivity contribution in [3.63, 3.8) is 0 Å². The monoisotopic (exact) mass is 312 g/mol. The molecular weight excluding hydrogens is 290 g/mol. The number of fused-ring (bicyclic) bond motifs is 1. The number of pyridine rings is 1. The van der Waals surface area contributed by atoms with E-state index in [1.54, 1.807) is 12.1 Å². The summed E-state index contributed by atoms with van der Waals surface area (Å²) < 4.78 is 35.1. The van der Waals surface area contributed by atoms with Crippen LogP contribution in [0.15, 0.2) is 18.2 Å². The van der Waals surface area contributed by atoms with Crippen molar-refractivity contribution in [1.82, 2.24) is 10.3 Å². The lowest BCUT2D eigenvalue weighted by atomic mass is 9.57. The van der Waals surface area contributed by atoms with E-state index in [2.05, 4.69) is 24.1 Å². The normalized spacial score (nSPS) is 29.2. The molecule has 0 aromatic carbocycles. The van der Waals surface area contributed by atoms with E-state index in [4.69, 9.17) is 9.47 Å². The first-order chi connectivity index (χ1) is 10.5. The highest BCUT2D eigenvalue weighted by Crippen LogP contribution is 2.52. The van der Waals surface area contributed by atoms with Crippen LogP contribution in [0.4, 0.5) is 8.78 Å². The standard InChI is InChI=1S/C16H22F2N2O2/c1-16(2)14(11-6-7-21-15(11)16)19-8-10-4-3-5-13(20-10)22-9-12(17)18/h3-5,11-12,14-15,19H,6-9H2,1-2H3/t11-,14-,15-/m1/s1. The summed E-state index contributed by atoms with van der Waals surface area (Å²) >= 11 is 0. The number of ether oxygens (including phenoxy) is 2. The van der Waals surface area contributed by atoms with Gasteiger partial charge in [0.2, 0.25) is 5.88 Å². The van der Waals surface area contributed by atoms with Crippen molar-refractivity contribution in [2.45, 2.75) is 45.4 Å². The molecule has 4 nitrogen and oxygen atoms in total. The predicted molar refractivity (Wildman–Crippen MR) is 78.0 cm³/mol. The average Bonchev–Trinajstić information content (AvgIpc) is 2.92. The first kappa shape index (κ1) is 15.6. The van der Waals surface area contributed by atoms with Gasteiger partial charge in [-0.05, 0) is 12.5 Å². The van der Waals surface area contributed by atoms with Gasteiger partial charge in [-0.3, -0.25) is 0 Å². The topological polar surface area (TPSA) is 43.4 Å². The van der Waals surface area contributed by atoms with Crippen LogP contribution in [0.2, 0.25) is 0 Å². The molecule has 122 valence electrons. The highest BCUT2D eigenvalue weighted by atomic mass is 19.3. The van der Waals surface area contributed by atoms with E-state index in [-0.39, 0.29) is 11.3 Å². The van der Waals surface area contributed by atoms with Crippen molar-refractivity contribution in [3.05, 3.63) is 23.9 Å². The third-order valence-electron chi connectivity index (χ3n) is 4.74. The molecule has 1 saturated carbocycles. The van der Waals surface area contributed by atoms with Crippen LogP contribution >= 0.6 is 0 Å². The number of alkyl halides is 2. The number of aromatic nitrogens is 1. The molecule has 0 spiro atoms. The molecule has 3 atom stereocenters. The van der Waals surface area contributed by atoms with E-state index in [0.717, 1.165) is 18.7 Å². The molecule has 1 N–H and O–H groups in total. The Bertz CT molecular complexity index is 525. The first-order valence-corrected chi connectivity index (χ1v) is 7.70. The first-order valence-electron chi connectivity index (χ1n) is 7.70. The Kier molecular flexibility index (Phi) is 4.32. The summed E-state index contributed by atoms with van der Waals surface area (Å²) in [5, 5.41) is 3.54. The van der Waals surface area contributed by atoms with E-state index < -0.39 is 13.0 Å². The van der Waals surface area contributed by atoms with Gasteiger partial charge in [0.25, 0.3) is 6.43 Å². The third kappa shape index (κ3) is 2.94. The van der Waals surface area contributed by atoms with Gasteiger partial charge < -0.3 is 14.8 Å². The van der Waals surface area contributed by atoms with Gasteiger partial charge >= 0.3 is 0 Å². The van der Waals surface area contributed by atoms with Crippen molar-refractivity contribution in [1.29, 1.82) is 0 Å². The zero-order valence-corrected chi connectivity index (χ0v) is 12.9. The Labute approximate surface area is 129 Å². The molecular formula is C16H22F2N2O2. The lowest BCUT2D eigenvalue weighted by molar-refractivity contribution is -0.113. The van der Waals surface area contributed by atoms with Gasteiger partial charge in [0.1, 0.15) is 0 Å². The molecule has 1 aliphatic heterocycles. The summed E-state index contributed by atoms with van der Waals surface area (Å²) in [4.78, 5) is 4.26. The van der Waals surface area contributed by atoms with Crippen LogP contribution in [-0.2, 0) is 11.3 Å². The fourth-order valence-corrected chi connectivity index (χ4v) is 3.74. The van der Waals surface area contributed by atoms with Gasteiger partial charge in [-0.2, -0.15) is 0 Å². The highest BCUT2D eigenvalue weighted by Gasteiger charge is 2.58. The molecule has 1 aromatic rings. The van der Waals surface area contributed by atoms with Crippen LogP contribution in [0.1, 0.15) is 26.0 Å². The van der Waals surface area contributed by atoms with Gasteiger partial charge in [0.05, 0.1) is 11.8 Å². The summed E-state index contributed by atoms with van der Waals surface area (Å²) in [7, 11) is 0. The fourth-order valence-electron chi connectivity index (χ4n) is 3.74. The zero-order chi connectivity index (χ0) is 15.7. The number of nitrogens with one attached hydrogen (secondary N) is 1. The number of rotatable bonds is 6. The predicted octanol–water partition coefficient (Wildman–Crippen LogP) is 2.63. The molecule has 0 unspecified atom stereocenters. The molecule has 0 bridgehead atoms. The Morgan fingerprint density at radius 2 is 2.27 bits per heavy atom. The molecule has 2 fully saturated rings. The second-order valence-corrected chi connectivity index (χ2v) is 6.59. The Balaban J connectivity index is 1.56. The van der Waals surface area contributed by atoms with Crippen LogP contribution in [0.25, 0.3) is 0 Å². The van der Waals surface area contributed by atoms with Crippen molar-refractivity contribution >= 4 is 0 Å². The summed E-state index contributed by atoms with van der Waals surface area (Å²) in [5.74, 6) is 0.808. The largest absolute Gasteiger partial charge is 0.472 e. The molecule has 2 aliphatic rings. The van der Waals surface area contributed by atoms with Crippen molar-refractivity contribution in [2.75, 3.05) is 13.2 Å². The maximum absolute atomic E-state index is 12.2. The van der Waals surface area contributed by atoms with E-state index >= 15 is 0 Å². The molecule has 2 heterocycles. The van der Waals surface area contributed by atoms with Crippen molar-refractivity contribution < 1.29 is 18.3 Å². The van der Waals surface area contributed by atoms with Crippen LogP contribution in [0, 0.1) is 11.3 Å². The summed E-state index contributed by atoms with van der Waals surface area (Å²) in [6.45, 7) is 5.25. The van der Waals surface area contributed by atoms with E-state index in [1.165, 1.54) is 0 Å².